The van der Waals surface area contributed by atoms with E-state index in [-0.39, 0.29) is 5.91 Å². The van der Waals surface area contributed by atoms with Gasteiger partial charge in [-0.2, -0.15) is 0 Å². The first-order valence-electron chi connectivity index (χ1n) is 9.47. The monoisotopic (exact) mass is 383 g/mol. The summed E-state index contributed by atoms with van der Waals surface area (Å²) in [6.45, 7) is 1.51. The summed E-state index contributed by atoms with van der Waals surface area (Å²) in [5.41, 5.74) is 5.01. The third kappa shape index (κ3) is 5.03. The Kier molecular flexibility index (Phi) is 5.88. The molecule has 0 saturated heterocycles. The lowest BCUT2D eigenvalue weighted by Gasteiger charge is -2.08. The Morgan fingerprint density at radius 1 is 0.793 bits per heavy atom. The summed E-state index contributed by atoms with van der Waals surface area (Å²) in [7, 11) is 0. The lowest BCUT2D eigenvalue weighted by molar-refractivity contribution is 0.0946. The van der Waals surface area contributed by atoms with Crippen molar-refractivity contribution in [2.45, 2.75) is 19.8 Å². The van der Waals surface area contributed by atoms with Crippen molar-refractivity contribution in [2.75, 3.05) is 0 Å². The van der Waals surface area contributed by atoms with Crippen LogP contribution in [0.4, 0.5) is 0 Å². The number of amides is 1. The highest BCUT2D eigenvalue weighted by atomic mass is 16.5. The molecule has 0 fully saturated rings. The molecule has 3 aromatic carbocycles. The van der Waals surface area contributed by atoms with Crippen molar-refractivity contribution in [1.82, 2.24) is 15.3 Å². The van der Waals surface area contributed by atoms with Crippen LogP contribution in [0.2, 0.25) is 0 Å². The maximum Gasteiger partial charge on any atom is 0.271 e. The maximum atomic E-state index is 12.4. The molecule has 144 valence electrons. The molecule has 5 nitrogen and oxygen atoms in total. The molecule has 1 amide bonds. The van der Waals surface area contributed by atoms with Crippen LogP contribution in [0.25, 0.3) is 11.0 Å². The van der Waals surface area contributed by atoms with Crippen LogP contribution in [0.5, 0.6) is 0 Å². The van der Waals surface area contributed by atoms with Crippen LogP contribution in [-0.2, 0) is 24.5 Å². The average molecular weight is 383 g/mol. The first-order valence-corrected chi connectivity index (χ1v) is 9.47. The molecule has 0 saturated carbocycles. The highest BCUT2D eigenvalue weighted by Gasteiger charge is 2.09. The van der Waals surface area contributed by atoms with E-state index in [0.29, 0.717) is 31.0 Å². The van der Waals surface area contributed by atoms with Crippen LogP contribution < -0.4 is 5.32 Å². The molecule has 0 radical (unpaired) electrons. The van der Waals surface area contributed by atoms with E-state index in [1.807, 2.05) is 78.9 Å². The summed E-state index contributed by atoms with van der Waals surface area (Å²) in [6.07, 6.45) is 1.51. The SMILES string of the molecule is O=C(NCc1cccc(COCc2ccccc2)c1)c1cnc2ccccc2n1. The third-order valence-corrected chi connectivity index (χ3v) is 4.51. The Labute approximate surface area is 169 Å². The minimum atomic E-state index is -0.242. The largest absolute Gasteiger partial charge is 0.372 e. The molecule has 0 unspecified atom stereocenters. The number of hydrogen-bond donors (Lipinski definition) is 1. The number of ether oxygens (including phenoxy) is 1. The van der Waals surface area contributed by atoms with Crippen LogP contribution >= 0.6 is 0 Å². The predicted octanol–water partition coefficient (Wildman–Crippen LogP) is 4.28. The van der Waals surface area contributed by atoms with Gasteiger partial charge in [-0.25, -0.2) is 4.98 Å². The molecule has 1 aromatic heterocycles. The minimum Gasteiger partial charge on any atom is -0.372 e. The zero-order valence-electron chi connectivity index (χ0n) is 15.9. The Morgan fingerprint density at radius 3 is 2.34 bits per heavy atom. The van der Waals surface area contributed by atoms with Gasteiger partial charge in [0, 0.05) is 6.54 Å². The van der Waals surface area contributed by atoms with Crippen molar-refractivity contribution in [3.63, 3.8) is 0 Å². The number of nitrogens with one attached hydrogen (secondary N) is 1. The van der Waals surface area contributed by atoms with E-state index in [1.54, 1.807) is 0 Å². The van der Waals surface area contributed by atoms with Crippen molar-refractivity contribution >= 4 is 16.9 Å². The molecule has 0 atom stereocenters. The second kappa shape index (κ2) is 9.08. The molecule has 29 heavy (non-hydrogen) atoms. The molecule has 1 N–H and O–H groups in total. The fraction of sp³-hybridized carbons (Fsp3) is 0.125. The van der Waals surface area contributed by atoms with Crippen LogP contribution in [0.15, 0.2) is 85.1 Å². The zero-order chi connectivity index (χ0) is 19.9. The average Bonchev–Trinajstić information content (AvgIpc) is 2.78. The number of hydrogen-bond acceptors (Lipinski definition) is 4. The number of nitrogens with zero attached hydrogens (tertiary/aromatic N) is 2. The fourth-order valence-corrected chi connectivity index (χ4v) is 3.03. The highest BCUT2D eigenvalue weighted by Crippen LogP contribution is 2.11. The van der Waals surface area contributed by atoms with Gasteiger partial charge >= 0.3 is 0 Å². The van der Waals surface area contributed by atoms with Gasteiger partial charge in [-0.1, -0.05) is 66.7 Å². The van der Waals surface area contributed by atoms with Crippen LogP contribution in [-0.4, -0.2) is 15.9 Å². The number of carbonyl (C=O) groups is 1. The Bertz CT molecular complexity index is 1110. The molecule has 0 aliphatic heterocycles. The van der Waals surface area contributed by atoms with E-state index >= 15 is 0 Å². The molecule has 1 heterocycles. The second-order valence-electron chi connectivity index (χ2n) is 6.72. The van der Waals surface area contributed by atoms with Crippen molar-refractivity contribution in [3.8, 4) is 0 Å². The lowest BCUT2D eigenvalue weighted by atomic mass is 10.1. The molecule has 0 spiro atoms. The summed E-state index contributed by atoms with van der Waals surface area (Å²) in [5.74, 6) is -0.242. The van der Waals surface area contributed by atoms with Crippen molar-refractivity contribution in [2.24, 2.45) is 0 Å². The first-order chi connectivity index (χ1) is 14.3. The molecule has 4 rings (SSSR count). The molecule has 0 aliphatic carbocycles. The number of fused-ring (bicyclic) bond motifs is 1. The maximum absolute atomic E-state index is 12.4. The van der Waals surface area contributed by atoms with E-state index in [2.05, 4.69) is 15.3 Å². The smallest absolute Gasteiger partial charge is 0.271 e. The van der Waals surface area contributed by atoms with Crippen molar-refractivity contribution in [3.05, 3.63) is 107 Å². The summed E-state index contributed by atoms with van der Waals surface area (Å²) in [6, 6.07) is 25.6. The number of aromatic nitrogens is 2. The Hall–Kier alpha value is -3.57. The quantitative estimate of drug-likeness (QED) is 0.517. The van der Waals surface area contributed by atoms with Crippen LogP contribution in [0.1, 0.15) is 27.2 Å². The van der Waals surface area contributed by atoms with Gasteiger partial charge in [-0.15, -0.1) is 0 Å². The standard InChI is InChI=1S/C24H21N3O2/c28-24(23-15-25-21-11-4-5-12-22(21)27-23)26-14-19-9-6-10-20(13-19)17-29-16-18-7-2-1-3-8-18/h1-13,15H,14,16-17H2,(H,26,28). The van der Waals surface area contributed by atoms with Gasteiger partial charge in [0.25, 0.3) is 5.91 Å². The topological polar surface area (TPSA) is 64.1 Å². The van der Waals surface area contributed by atoms with Gasteiger partial charge in [0.15, 0.2) is 0 Å². The highest BCUT2D eigenvalue weighted by molar-refractivity contribution is 5.93. The minimum absolute atomic E-state index is 0.242. The first kappa shape index (κ1) is 18.8. The van der Waals surface area contributed by atoms with E-state index < -0.39 is 0 Å². The summed E-state index contributed by atoms with van der Waals surface area (Å²) >= 11 is 0. The molecule has 4 aromatic rings. The number of benzene rings is 3. The third-order valence-electron chi connectivity index (χ3n) is 4.51. The van der Waals surface area contributed by atoms with E-state index in [0.717, 1.165) is 22.2 Å². The molecule has 0 aliphatic rings. The Balaban J connectivity index is 1.33. The van der Waals surface area contributed by atoms with Gasteiger partial charge in [0.05, 0.1) is 30.4 Å². The van der Waals surface area contributed by atoms with E-state index in [9.17, 15) is 4.79 Å². The lowest BCUT2D eigenvalue weighted by Crippen LogP contribution is -2.24. The zero-order valence-corrected chi connectivity index (χ0v) is 15.9. The molecule has 5 heteroatoms. The van der Waals surface area contributed by atoms with E-state index in [4.69, 9.17) is 4.74 Å². The Morgan fingerprint density at radius 2 is 1.48 bits per heavy atom. The van der Waals surface area contributed by atoms with Crippen molar-refractivity contribution in [1.29, 1.82) is 0 Å². The van der Waals surface area contributed by atoms with Crippen molar-refractivity contribution < 1.29 is 9.53 Å². The number of para-hydroxylation sites is 2. The van der Waals surface area contributed by atoms with Gasteiger partial charge in [-0.3, -0.25) is 9.78 Å². The normalized spacial score (nSPS) is 10.8. The second-order valence-corrected chi connectivity index (χ2v) is 6.72. The van der Waals surface area contributed by atoms with Gasteiger partial charge in [-0.05, 0) is 28.8 Å². The summed E-state index contributed by atoms with van der Waals surface area (Å²) in [4.78, 5) is 21.1. The summed E-state index contributed by atoms with van der Waals surface area (Å²) in [5, 5.41) is 2.91. The van der Waals surface area contributed by atoms with Crippen LogP contribution in [0, 0.1) is 0 Å². The molecule has 0 bridgehead atoms. The summed E-state index contributed by atoms with van der Waals surface area (Å²) < 4.78 is 5.79. The number of rotatable bonds is 7. The molecular weight excluding hydrogens is 362 g/mol. The van der Waals surface area contributed by atoms with E-state index in [1.165, 1.54) is 6.20 Å². The van der Waals surface area contributed by atoms with Gasteiger partial charge < -0.3 is 10.1 Å². The van der Waals surface area contributed by atoms with Gasteiger partial charge in [0.2, 0.25) is 0 Å². The van der Waals surface area contributed by atoms with Crippen LogP contribution in [0.3, 0.4) is 0 Å². The predicted molar refractivity (Wildman–Crippen MR) is 112 cm³/mol. The van der Waals surface area contributed by atoms with Gasteiger partial charge in [0.1, 0.15) is 5.69 Å². The fourth-order valence-electron chi connectivity index (χ4n) is 3.03. The number of carbonyl (C=O) groups excluding carboxylic acids is 1. The molecular formula is C24H21N3O2.